The van der Waals surface area contributed by atoms with Crippen molar-refractivity contribution in [1.82, 2.24) is 0 Å². The van der Waals surface area contributed by atoms with Crippen LogP contribution in [0.1, 0.15) is 43.0 Å². The van der Waals surface area contributed by atoms with Crippen molar-refractivity contribution >= 4 is 23.4 Å². The van der Waals surface area contributed by atoms with Gasteiger partial charge in [0, 0.05) is 11.1 Å². The molecule has 5 nitrogen and oxygen atoms in total. The molecule has 1 aliphatic carbocycles. The average molecular weight is 327 g/mol. The Morgan fingerprint density at radius 2 is 1.95 bits per heavy atom. The molecular formula is C16H19ClO5. The van der Waals surface area contributed by atoms with Gasteiger partial charge in [0.15, 0.2) is 11.5 Å². The van der Waals surface area contributed by atoms with E-state index in [0.29, 0.717) is 10.8 Å². The molecule has 1 aromatic rings. The molecule has 1 fully saturated rings. The van der Waals surface area contributed by atoms with Gasteiger partial charge in [-0.1, -0.05) is 11.6 Å². The second-order valence-electron chi connectivity index (χ2n) is 5.06. The predicted molar refractivity (Wildman–Crippen MR) is 81.9 cm³/mol. The third kappa shape index (κ3) is 3.71. The van der Waals surface area contributed by atoms with E-state index in [1.54, 1.807) is 13.0 Å². The molecular weight excluding hydrogens is 308 g/mol. The number of rotatable bonds is 6. The Labute approximate surface area is 134 Å². The first kappa shape index (κ1) is 16.6. The maximum Gasteiger partial charge on any atom is 0.379 e. The van der Waals surface area contributed by atoms with Crippen molar-refractivity contribution in [2.45, 2.75) is 38.7 Å². The summed E-state index contributed by atoms with van der Waals surface area (Å²) in [4.78, 5) is 24.0. The minimum Gasteiger partial charge on any atom is -0.493 e. The smallest absolute Gasteiger partial charge is 0.379 e. The van der Waals surface area contributed by atoms with Gasteiger partial charge in [0.1, 0.15) is 0 Å². The Bertz CT molecular complexity index is 564. The summed E-state index contributed by atoms with van der Waals surface area (Å²) in [7, 11) is 1.46. The highest BCUT2D eigenvalue weighted by Gasteiger charge is 2.28. The standard InChI is InChI=1S/C16H19ClO5/c1-3-21-16(19)14(18)12-8-10(17)9-13(20-2)15(12)22-11-6-4-5-7-11/h8-9,11H,3-7H2,1-2H3. The van der Waals surface area contributed by atoms with Crippen molar-refractivity contribution in [2.24, 2.45) is 0 Å². The third-order valence-corrected chi connectivity index (χ3v) is 3.75. The van der Waals surface area contributed by atoms with E-state index >= 15 is 0 Å². The molecule has 1 aromatic carbocycles. The van der Waals surface area contributed by atoms with Gasteiger partial charge in [0.05, 0.1) is 25.4 Å². The Hall–Kier alpha value is -1.75. The maximum absolute atomic E-state index is 12.3. The second kappa shape index (κ2) is 7.49. The predicted octanol–water partition coefficient (Wildman–Crippen LogP) is 3.42. The first-order valence-electron chi connectivity index (χ1n) is 7.32. The largest absolute Gasteiger partial charge is 0.493 e. The van der Waals surface area contributed by atoms with Gasteiger partial charge in [-0.25, -0.2) is 4.79 Å². The zero-order valence-electron chi connectivity index (χ0n) is 12.7. The van der Waals surface area contributed by atoms with Crippen molar-refractivity contribution in [3.63, 3.8) is 0 Å². The molecule has 0 atom stereocenters. The van der Waals surface area contributed by atoms with Gasteiger partial charge >= 0.3 is 5.97 Å². The molecule has 0 amide bonds. The number of benzene rings is 1. The summed E-state index contributed by atoms with van der Waals surface area (Å²) in [5.41, 5.74) is 0.0784. The number of hydrogen-bond donors (Lipinski definition) is 0. The second-order valence-corrected chi connectivity index (χ2v) is 5.50. The van der Waals surface area contributed by atoms with Gasteiger partial charge in [-0.3, -0.25) is 4.79 Å². The van der Waals surface area contributed by atoms with Crippen LogP contribution >= 0.6 is 11.6 Å². The van der Waals surface area contributed by atoms with E-state index in [4.69, 9.17) is 25.8 Å². The topological polar surface area (TPSA) is 61.8 Å². The number of hydrogen-bond acceptors (Lipinski definition) is 5. The Morgan fingerprint density at radius 1 is 1.27 bits per heavy atom. The van der Waals surface area contributed by atoms with Gasteiger partial charge in [-0.05, 0) is 38.7 Å². The van der Waals surface area contributed by atoms with E-state index in [2.05, 4.69) is 0 Å². The molecule has 0 unspecified atom stereocenters. The number of carbonyl (C=O) groups is 2. The first-order valence-corrected chi connectivity index (χ1v) is 7.70. The third-order valence-electron chi connectivity index (χ3n) is 3.53. The summed E-state index contributed by atoms with van der Waals surface area (Å²) < 4.78 is 15.9. The van der Waals surface area contributed by atoms with Crippen molar-refractivity contribution in [2.75, 3.05) is 13.7 Å². The molecule has 22 heavy (non-hydrogen) atoms. The lowest BCUT2D eigenvalue weighted by Crippen LogP contribution is -2.20. The van der Waals surface area contributed by atoms with Gasteiger partial charge in [0.2, 0.25) is 0 Å². The lowest BCUT2D eigenvalue weighted by molar-refractivity contribution is -0.137. The van der Waals surface area contributed by atoms with E-state index < -0.39 is 11.8 Å². The first-order chi connectivity index (χ1) is 10.6. The molecule has 120 valence electrons. The minimum atomic E-state index is -0.928. The lowest BCUT2D eigenvalue weighted by atomic mass is 10.1. The molecule has 1 aliphatic rings. The quantitative estimate of drug-likeness (QED) is 0.455. The van der Waals surface area contributed by atoms with Crippen LogP contribution in [0.5, 0.6) is 11.5 Å². The molecule has 0 heterocycles. The number of esters is 1. The van der Waals surface area contributed by atoms with E-state index in [1.807, 2.05) is 0 Å². The molecule has 0 radical (unpaired) electrons. The maximum atomic E-state index is 12.3. The summed E-state index contributed by atoms with van der Waals surface area (Å²) in [6.07, 6.45) is 4.02. The van der Waals surface area contributed by atoms with Crippen LogP contribution in [-0.4, -0.2) is 31.6 Å². The highest BCUT2D eigenvalue weighted by Crippen LogP contribution is 2.37. The number of methoxy groups -OCH3 is 1. The van der Waals surface area contributed by atoms with Crippen LogP contribution < -0.4 is 9.47 Å². The van der Waals surface area contributed by atoms with Crippen LogP contribution in [0.2, 0.25) is 5.02 Å². The fourth-order valence-corrected chi connectivity index (χ4v) is 2.70. The Morgan fingerprint density at radius 3 is 2.55 bits per heavy atom. The molecule has 0 aliphatic heterocycles. The highest BCUT2D eigenvalue weighted by molar-refractivity contribution is 6.42. The molecule has 0 saturated heterocycles. The van der Waals surface area contributed by atoms with Crippen LogP contribution in [0.25, 0.3) is 0 Å². The number of Topliss-reactive ketones (excluding diaryl/α,β-unsaturated/α-hetero) is 1. The molecule has 2 rings (SSSR count). The van der Waals surface area contributed by atoms with Gasteiger partial charge in [-0.15, -0.1) is 0 Å². The summed E-state index contributed by atoms with van der Waals surface area (Å²) in [5.74, 6) is -1.11. The SMILES string of the molecule is CCOC(=O)C(=O)c1cc(Cl)cc(OC)c1OC1CCCC1. The fourth-order valence-electron chi connectivity index (χ4n) is 2.49. The van der Waals surface area contributed by atoms with Crippen molar-refractivity contribution in [3.8, 4) is 11.5 Å². The van der Waals surface area contributed by atoms with Crippen LogP contribution in [0.3, 0.4) is 0 Å². The zero-order chi connectivity index (χ0) is 16.1. The van der Waals surface area contributed by atoms with Gasteiger partial charge in [-0.2, -0.15) is 0 Å². The average Bonchev–Trinajstić information content (AvgIpc) is 3.01. The Balaban J connectivity index is 2.38. The number of halogens is 1. The lowest BCUT2D eigenvalue weighted by Gasteiger charge is -2.18. The molecule has 6 heteroatoms. The molecule has 0 aromatic heterocycles. The summed E-state index contributed by atoms with van der Waals surface area (Å²) in [6.45, 7) is 1.76. The van der Waals surface area contributed by atoms with Crippen LogP contribution in [0, 0.1) is 0 Å². The number of ketones is 1. The van der Waals surface area contributed by atoms with E-state index in [-0.39, 0.29) is 24.0 Å². The van der Waals surface area contributed by atoms with E-state index in [1.165, 1.54) is 13.2 Å². The van der Waals surface area contributed by atoms with Gasteiger partial charge in [0.25, 0.3) is 5.78 Å². The van der Waals surface area contributed by atoms with E-state index in [0.717, 1.165) is 25.7 Å². The number of ether oxygens (including phenoxy) is 3. The van der Waals surface area contributed by atoms with Crippen molar-refractivity contribution in [1.29, 1.82) is 0 Å². The molecule has 1 saturated carbocycles. The van der Waals surface area contributed by atoms with Gasteiger partial charge < -0.3 is 14.2 Å². The van der Waals surface area contributed by atoms with Crippen LogP contribution in [0.15, 0.2) is 12.1 Å². The zero-order valence-corrected chi connectivity index (χ0v) is 13.4. The monoisotopic (exact) mass is 326 g/mol. The molecule has 0 N–H and O–H groups in total. The van der Waals surface area contributed by atoms with Crippen LogP contribution in [-0.2, 0) is 9.53 Å². The normalized spacial score (nSPS) is 14.7. The van der Waals surface area contributed by atoms with E-state index in [9.17, 15) is 9.59 Å². The van der Waals surface area contributed by atoms with Crippen molar-refractivity contribution in [3.05, 3.63) is 22.7 Å². The summed E-state index contributed by atoms with van der Waals surface area (Å²) in [5, 5.41) is 0.295. The highest BCUT2D eigenvalue weighted by atomic mass is 35.5. The fraction of sp³-hybridized carbons (Fsp3) is 0.500. The minimum absolute atomic E-state index is 0.0174. The van der Waals surface area contributed by atoms with Crippen molar-refractivity contribution < 1.29 is 23.8 Å². The molecule has 0 spiro atoms. The summed E-state index contributed by atoms with van der Waals surface area (Å²) in [6, 6.07) is 2.97. The number of carbonyl (C=O) groups excluding carboxylic acids is 2. The molecule has 0 bridgehead atoms. The van der Waals surface area contributed by atoms with Crippen LogP contribution in [0.4, 0.5) is 0 Å². The summed E-state index contributed by atoms with van der Waals surface area (Å²) >= 11 is 6.00. The Kier molecular flexibility index (Phi) is 5.66.